The predicted octanol–water partition coefficient (Wildman–Crippen LogP) is 2.93. The maximum atomic E-state index is 12.0. The summed E-state index contributed by atoms with van der Waals surface area (Å²) >= 11 is 1.25. The highest BCUT2D eigenvalue weighted by Crippen LogP contribution is 2.17. The van der Waals surface area contributed by atoms with Crippen LogP contribution in [0.3, 0.4) is 0 Å². The van der Waals surface area contributed by atoms with Gasteiger partial charge in [-0.2, -0.15) is 4.98 Å². The molecule has 0 aliphatic carbocycles. The lowest BCUT2D eigenvalue weighted by Gasteiger charge is -1.99. The van der Waals surface area contributed by atoms with Gasteiger partial charge >= 0.3 is 0 Å². The summed E-state index contributed by atoms with van der Waals surface area (Å²) in [6.07, 6.45) is 0. The van der Waals surface area contributed by atoms with Crippen molar-refractivity contribution in [3.05, 3.63) is 58.0 Å². The van der Waals surface area contributed by atoms with E-state index in [1.54, 1.807) is 11.4 Å². The van der Waals surface area contributed by atoms with Crippen LogP contribution in [0, 0.1) is 0 Å². The molecule has 2 heterocycles. The average Bonchev–Trinajstić information content (AvgIpc) is 3.23. The molecule has 6 nitrogen and oxygen atoms in total. The fourth-order valence-electron chi connectivity index (χ4n) is 1.93. The fraction of sp³-hybridized carbons (Fsp3) is 0.125. The van der Waals surface area contributed by atoms with Crippen molar-refractivity contribution in [2.75, 3.05) is 0 Å². The summed E-state index contributed by atoms with van der Waals surface area (Å²) in [6, 6.07) is 11.0. The van der Waals surface area contributed by atoms with Crippen LogP contribution in [0.25, 0.3) is 11.5 Å². The Bertz CT molecular complexity index is 839. The van der Waals surface area contributed by atoms with Crippen LogP contribution in [0.1, 0.15) is 32.8 Å². The van der Waals surface area contributed by atoms with E-state index in [0.717, 1.165) is 5.56 Å². The van der Waals surface area contributed by atoms with Gasteiger partial charge in [0.2, 0.25) is 0 Å². The van der Waals surface area contributed by atoms with Gasteiger partial charge in [0, 0.05) is 10.9 Å². The molecule has 0 bridgehead atoms. The summed E-state index contributed by atoms with van der Waals surface area (Å²) in [6.45, 7) is 1.62. The molecule has 0 aliphatic heterocycles. The zero-order chi connectivity index (χ0) is 16.2. The van der Waals surface area contributed by atoms with Gasteiger partial charge in [-0.3, -0.25) is 9.59 Å². The van der Waals surface area contributed by atoms with E-state index in [-0.39, 0.29) is 18.2 Å². The Morgan fingerprint density at radius 2 is 2.04 bits per heavy atom. The van der Waals surface area contributed by atoms with Gasteiger partial charge in [0.25, 0.3) is 11.8 Å². The van der Waals surface area contributed by atoms with Crippen molar-refractivity contribution in [1.29, 1.82) is 0 Å². The first-order chi connectivity index (χ1) is 11.1. The number of nitrogens with one attached hydrogen (secondary N) is 1. The Hall–Kier alpha value is -2.80. The highest BCUT2D eigenvalue weighted by molar-refractivity contribution is 7.12. The lowest BCUT2D eigenvalue weighted by molar-refractivity contribution is 0.0950. The minimum absolute atomic E-state index is 0.0558. The number of nitrogens with zero attached hydrogens (tertiary/aromatic N) is 2. The topological polar surface area (TPSA) is 85.1 Å². The zero-order valence-corrected chi connectivity index (χ0v) is 13.1. The van der Waals surface area contributed by atoms with E-state index in [4.69, 9.17) is 4.52 Å². The van der Waals surface area contributed by atoms with Crippen molar-refractivity contribution in [3.8, 4) is 11.5 Å². The summed E-state index contributed by atoms with van der Waals surface area (Å²) in [7, 11) is 0. The number of Topliss-reactive ketones (excluding diaryl/α,β-unsaturated/α-hetero) is 1. The molecule has 3 rings (SSSR count). The molecule has 1 amide bonds. The molecule has 0 saturated heterocycles. The normalized spacial score (nSPS) is 10.5. The van der Waals surface area contributed by atoms with Crippen molar-refractivity contribution in [1.82, 2.24) is 15.5 Å². The highest BCUT2D eigenvalue weighted by atomic mass is 32.1. The number of benzene rings is 1. The van der Waals surface area contributed by atoms with Gasteiger partial charge in [0.15, 0.2) is 11.6 Å². The molecule has 0 radical (unpaired) electrons. The van der Waals surface area contributed by atoms with Gasteiger partial charge < -0.3 is 9.84 Å². The van der Waals surface area contributed by atoms with E-state index in [1.165, 1.54) is 18.3 Å². The van der Waals surface area contributed by atoms with Crippen LogP contribution in [0.4, 0.5) is 0 Å². The quantitative estimate of drug-likeness (QED) is 0.728. The average molecular weight is 327 g/mol. The molecule has 3 aromatic rings. The van der Waals surface area contributed by atoms with E-state index in [2.05, 4.69) is 15.5 Å². The molecule has 1 N–H and O–H groups in total. The summed E-state index contributed by atoms with van der Waals surface area (Å²) in [5, 5.41) is 8.19. The predicted molar refractivity (Wildman–Crippen MR) is 85.2 cm³/mol. The second-order valence-electron chi connectivity index (χ2n) is 4.82. The summed E-state index contributed by atoms with van der Waals surface area (Å²) in [4.78, 5) is 28.1. The van der Waals surface area contributed by atoms with Crippen molar-refractivity contribution < 1.29 is 14.1 Å². The van der Waals surface area contributed by atoms with Gasteiger partial charge in [-0.1, -0.05) is 23.4 Å². The highest BCUT2D eigenvalue weighted by Gasteiger charge is 2.13. The van der Waals surface area contributed by atoms with Crippen LogP contribution >= 0.6 is 11.3 Å². The number of ketones is 1. The Labute approximate surface area is 136 Å². The Morgan fingerprint density at radius 1 is 1.26 bits per heavy atom. The van der Waals surface area contributed by atoms with Crippen LogP contribution in [-0.2, 0) is 6.54 Å². The van der Waals surface area contributed by atoms with Crippen molar-refractivity contribution in [2.45, 2.75) is 13.5 Å². The molecule has 0 aliphatic rings. The fourth-order valence-corrected chi connectivity index (χ4v) is 2.72. The zero-order valence-electron chi connectivity index (χ0n) is 12.3. The Kier molecular flexibility index (Phi) is 4.29. The van der Waals surface area contributed by atoms with Crippen LogP contribution < -0.4 is 5.32 Å². The third kappa shape index (κ3) is 3.51. The van der Waals surface area contributed by atoms with E-state index in [1.807, 2.05) is 30.3 Å². The second-order valence-corrected chi connectivity index (χ2v) is 5.73. The second kappa shape index (κ2) is 6.53. The molecule has 0 saturated carbocycles. The molecule has 23 heavy (non-hydrogen) atoms. The van der Waals surface area contributed by atoms with Gasteiger partial charge in [0.05, 0.1) is 17.0 Å². The monoisotopic (exact) mass is 327 g/mol. The van der Waals surface area contributed by atoms with Crippen LogP contribution in [0.2, 0.25) is 0 Å². The lowest BCUT2D eigenvalue weighted by Crippen LogP contribution is -2.22. The number of amides is 1. The van der Waals surface area contributed by atoms with E-state index in [9.17, 15) is 9.59 Å². The van der Waals surface area contributed by atoms with Crippen molar-refractivity contribution in [3.63, 3.8) is 0 Å². The van der Waals surface area contributed by atoms with Gasteiger partial charge in [-0.15, -0.1) is 11.3 Å². The third-order valence-electron chi connectivity index (χ3n) is 3.10. The van der Waals surface area contributed by atoms with E-state index < -0.39 is 0 Å². The van der Waals surface area contributed by atoms with E-state index >= 15 is 0 Å². The molecule has 0 spiro atoms. The summed E-state index contributed by atoms with van der Waals surface area (Å²) in [5.74, 6) is 0.461. The van der Waals surface area contributed by atoms with Gasteiger partial charge in [-0.25, -0.2) is 0 Å². The third-order valence-corrected chi connectivity index (χ3v) is 4.14. The minimum Gasteiger partial charge on any atom is -0.345 e. The Balaban J connectivity index is 1.63. The van der Waals surface area contributed by atoms with Crippen molar-refractivity contribution in [2.24, 2.45) is 0 Å². The maximum absolute atomic E-state index is 12.0. The maximum Gasteiger partial charge on any atom is 0.257 e. The molecule has 0 atom stereocenters. The molecule has 7 heteroatoms. The standard InChI is InChI=1S/C16H13N3O3S/c1-10(20)13-7-12(9-23-13)15(21)17-8-14-18-16(22-19-14)11-5-3-2-4-6-11/h2-7,9H,8H2,1H3,(H,17,21). The SMILES string of the molecule is CC(=O)c1cc(C(=O)NCc2noc(-c3ccccc3)n2)cs1. The molecule has 1 aromatic carbocycles. The smallest absolute Gasteiger partial charge is 0.257 e. The van der Waals surface area contributed by atoms with Gasteiger partial charge in [0.1, 0.15) is 0 Å². The van der Waals surface area contributed by atoms with Gasteiger partial charge in [-0.05, 0) is 25.1 Å². The Morgan fingerprint density at radius 3 is 2.74 bits per heavy atom. The number of hydrogen-bond donors (Lipinski definition) is 1. The molecule has 0 fully saturated rings. The number of aromatic nitrogens is 2. The first kappa shape index (κ1) is 15.1. The first-order valence-corrected chi connectivity index (χ1v) is 7.77. The molecular formula is C16H13N3O3S. The lowest BCUT2D eigenvalue weighted by atomic mass is 10.2. The minimum atomic E-state index is -0.278. The number of carbonyl (C=O) groups excluding carboxylic acids is 2. The molecule has 116 valence electrons. The summed E-state index contributed by atoms with van der Waals surface area (Å²) in [5.41, 5.74) is 1.27. The van der Waals surface area contributed by atoms with Crippen LogP contribution in [-0.4, -0.2) is 21.8 Å². The first-order valence-electron chi connectivity index (χ1n) is 6.89. The van der Waals surface area contributed by atoms with Crippen LogP contribution in [0.15, 0.2) is 46.3 Å². The summed E-state index contributed by atoms with van der Waals surface area (Å²) < 4.78 is 5.17. The molecule has 0 unspecified atom stereocenters. The number of rotatable bonds is 5. The molecule has 2 aromatic heterocycles. The van der Waals surface area contributed by atoms with E-state index in [0.29, 0.717) is 22.2 Å². The van der Waals surface area contributed by atoms with Crippen LogP contribution in [0.5, 0.6) is 0 Å². The number of carbonyl (C=O) groups is 2. The van der Waals surface area contributed by atoms with Crippen molar-refractivity contribution >= 4 is 23.0 Å². The largest absolute Gasteiger partial charge is 0.345 e. The molecular weight excluding hydrogens is 314 g/mol. The number of thiophene rings is 1. The number of hydrogen-bond acceptors (Lipinski definition) is 6.